The van der Waals surface area contributed by atoms with Crippen molar-refractivity contribution in [1.82, 2.24) is 0 Å². The summed E-state index contributed by atoms with van der Waals surface area (Å²) in [6.07, 6.45) is 19.8. The van der Waals surface area contributed by atoms with Crippen LogP contribution < -0.4 is 24.8 Å². The first-order valence-corrected chi connectivity index (χ1v) is 22.3. The minimum atomic E-state index is 0. The number of allylic oxidation sites excluding steroid dienone is 6. The molecule has 0 bridgehead atoms. The van der Waals surface area contributed by atoms with Crippen LogP contribution in [0.4, 0.5) is 0 Å². The summed E-state index contributed by atoms with van der Waals surface area (Å²) in [5, 5.41) is 0. The number of halogens is 2. The van der Waals surface area contributed by atoms with Gasteiger partial charge in [-0.2, -0.15) is 34.4 Å². The fourth-order valence-electron chi connectivity index (χ4n) is 5.23. The molecule has 0 N–H and O–H groups in total. The van der Waals surface area contributed by atoms with Gasteiger partial charge in [0, 0.05) is 0 Å². The smallest absolute Gasteiger partial charge is 1.00 e. The summed E-state index contributed by atoms with van der Waals surface area (Å²) in [6, 6.07) is 30.8. The third-order valence-electron chi connectivity index (χ3n) is 7.22. The quantitative estimate of drug-likeness (QED) is 0.216. The summed E-state index contributed by atoms with van der Waals surface area (Å²) in [4.78, 5) is 0. The molecule has 0 saturated carbocycles. The number of benzene rings is 2. The number of fused-ring (bicyclic) bond motifs is 2. The Balaban J connectivity index is 0.000000250. The number of hydrogen-bond donors (Lipinski definition) is 0. The Morgan fingerprint density at radius 2 is 0.976 bits per heavy atom. The maximum Gasteiger partial charge on any atom is -1.00 e. The van der Waals surface area contributed by atoms with Gasteiger partial charge < -0.3 is 24.8 Å². The Morgan fingerprint density at radius 3 is 1.31 bits per heavy atom. The SMILES string of the molecule is CCc1cc2c([cH-]1)C=CC=CC2c1ccccc1.CCc1cc2c([cH-]1)C=CC=CC2c1ccccc1.C[Si](C)=[Hf+2].[Cl-].[Cl-]. The van der Waals surface area contributed by atoms with Crippen molar-refractivity contribution >= 4 is 17.6 Å². The van der Waals surface area contributed by atoms with E-state index in [9.17, 15) is 0 Å². The van der Waals surface area contributed by atoms with Gasteiger partial charge in [-0.1, -0.05) is 98.8 Å². The zero-order chi connectivity index (χ0) is 28.3. The fraction of sp³-hybridized carbons (Fsp3) is 0.211. The third-order valence-corrected chi connectivity index (χ3v) is 7.22. The van der Waals surface area contributed by atoms with Crippen molar-refractivity contribution in [1.29, 1.82) is 0 Å². The molecule has 0 spiro atoms. The zero-order valence-electron chi connectivity index (χ0n) is 25.0. The van der Waals surface area contributed by atoms with Gasteiger partial charge in [-0.25, -0.2) is 0 Å². The molecule has 0 aliphatic heterocycles. The number of hydrogen-bond acceptors (Lipinski definition) is 0. The summed E-state index contributed by atoms with van der Waals surface area (Å²) < 4.78 is 0. The normalized spacial score (nSPS) is 15.7. The van der Waals surface area contributed by atoms with Crippen LogP contribution in [0, 0.1) is 0 Å². The standard InChI is InChI=1S/2C18H17.C2H6Si.2ClH.Hf/c2*1-2-14-12-16-10-6-7-11-17(18(16)13-14)15-8-4-3-5-9-15;1-3-2;;;/h2*3-13,17H,2H2,1H3;1-2H3;2*1H;/q2*-1;;;;+2/p-2. The minimum Gasteiger partial charge on any atom is -1.00 e. The van der Waals surface area contributed by atoms with Crippen LogP contribution >= 0.6 is 0 Å². The molecule has 2 atom stereocenters. The Hall–Kier alpha value is -2.23. The van der Waals surface area contributed by atoms with E-state index in [4.69, 9.17) is 0 Å². The van der Waals surface area contributed by atoms with Crippen molar-refractivity contribution in [2.45, 2.75) is 51.6 Å². The van der Waals surface area contributed by atoms with Crippen molar-refractivity contribution in [3.63, 3.8) is 0 Å². The first-order valence-electron chi connectivity index (χ1n) is 14.4. The summed E-state index contributed by atoms with van der Waals surface area (Å²) >= 11 is 1.45. The van der Waals surface area contributed by atoms with Gasteiger partial charge in [0.05, 0.1) is 0 Å². The number of rotatable bonds is 4. The second-order valence-corrected chi connectivity index (χ2v) is 23.3. The fourth-order valence-corrected chi connectivity index (χ4v) is 5.23. The van der Waals surface area contributed by atoms with E-state index in [1.165, 1.54) is 67.5 Å². The van der Waals surface area contributed by atoms with Gasteiger partial charge in [-0.05, 0) is 35.8 Å². The summed E-state index contributed by atoms with van der Waals surface area (Å²) in [5.41, 5.74) is 11.5. The van der Waals surface area contributed by atoms with E-state index in [-0.39, 0.29) is 30.3 Å². The zero-order valence-corrected chi connectivity index (χ0v) is 31.1. The molecule has 4 aromatic rings. The van der Waals surface area contributed by atoms with Crippen molar-refractivity contribution in [3.8, 4) is 0 Å². The Morgan fingerprint density at radius 1 is 0.619 bits per heavy atom. The van der Waals surface area contributed by atoms with Gasteiger partial charge in [-0.3, -0.25) is 0 Å². The van der Waals surface area contributed by atoms with Gasteiger partial charge in [0.2, 0.25) is 0 Å². The molecule has 2 aliphatic carbocycles. The van der Waals surface area contributed by atoms with E-state index >= 15 is 0 Å². The van der Waals surface area contributed by atoms with Crippen LogP contribution in [0.15, 0.2) is 121 Å². The Labute approximate surface area is 281 Å². The average Bonchev–Trinajstić information content (AvgIpc) is 3.45. The van der Waals surface area contributed by atoms with Gasteiger partial charge >= 0.3 is 41.6 Å². The molecule has 4 heteroatoms. The second-order valence-electron chi connectivity index (χ2n) is 10.5. The molecular weight excluding hydrogens is 734 g/mol. The van der Waals surface area contributed by atoms with Crippen molar-refractivity contribution < 1.29 is 47.8 Å². The van der Waals surface area contributed by atoms with Gasteiger partial charge in [0.1, 0.15) is 0 Å². The van der Waals surface area contributed by atoms with E-state index in [1.54, 1.807) is 0 Å². The summed E-state index contributed by atoms with van der Waals surface area (Å²) in [6.45, 7) is 9.09. The first kappa shape index (κ1) is 36.0. The molecule has 2 aliphatic rings. The molecular formula is C38H40Cl2HfSi-2. The van der Waals surface area contributed by atoms with Crippen molar-refractivity contribution in [3.05, 3.63) is 166 Å². The maximum absolute atomic E-state index is 2.35. The molecule has 42 heavy (non-hydrogen) atoms. The predicted octanol–water partition coefficient (Wildman–Crippen LogP) is 4.16. The maximum atomic E-state index is 2.35. The van der Waals surface area contributed by atoms with Crippen LogP contribution in [0.25, 0.3) is 12.2 Å². The van der Waals surface area contributed by atoms with Gasteiger partial charge in [-0.15, -0.1) is 47.6 Å². The van der Waals surface area contributed by atoms with Crippen LogP contribution in [0.5, 0.6) is 0 Å². The first-order chi connectivity index (χ1) is 19.5. The van der Waals surface area contributed by atoms with E-state index in [2.05, 4.69) is 160 Å². The summed E-state index contributed by atoms with van der Waals surface area (Å²) in [5.74, 6) is 0.771. The number of aryl methyl sites for hydroxylation is 2. The molecule has 0 saturated heterocycles. The Kier molecular flexibility index (Phi) is 15.8. The average molecular weight is 774 g/mol. The topological polar surface area (TPSA) is 0 Å². The van der Waals surface area contributed by atoms with Crippen LogP contribution in [0.2, 0.25) is 13.1 Å². The largest absolute Gasteiger partial charge is 1.00 e. The van der Waals surface area contributed by atoms with Gasteiger partial charge in [0.15, 0.2) is 0 Å². The molecule has 0 nitrogen and oxygen atoms in total. The monoisotopic (exact) mass is 774 g/mol. The molecule has 2 unspecified atom stereocenters. The van der Waals surface area contributed by atoms with Crippen LogP contribution in [0.1, 0.15) is 70.2 Å². The van der Waals surface area contributed by atoms with Crippen molar-refractivity contribution in [2.75, 3.05) is 0 Å². The van der Waals surface area contributed by atoms with Crippen LogP contribution in [-0.2, 0) is 35.8 Å². The molecule has 0 aromatic heterocycles. The molecule has 0 amide bonds. The van der Waals surface area contributed by atoms with E-state index in [0.717, 1.165) is 12.8 Å². The minimum absolute atomic E-state index is 0. The predicted molar refractivity (Wildman–Crippen MR) is 173 cm³/mol. The molecule has 0 heterocycles. The molecule has 4 aromatic carbocycles. The molecule has 6 rings (SSSR count). The van der Waals surface area contributed by atoms with Crippen LogP contribution in [-0.4, -0.2) is 5.49 Å². The van der Waals surface area contributed by atoms with Crippen molar-refractivity contribution in [2.24, 2.45) is 0 Å². The van der Waals surface area contributed by atoms with E-state index in [0.29, 0.717) is 11.8 Å². The van der Waals surface area contributed by atoms with E-state index < -0.39 is 0 Å². The second kappa shape index (κ2) is 18.4. The Bertz CT molecular complexity index is 1390. The molecule has 216 valence electrons. The van der Waals surface area contributed by atoms with Gasteiger partial charge in [0.25, 0.3) is 0 Å². The third kappa shape index (κ3) is 9.91. The molecule has 0 radical (unpaired) electrons. The van der Waals surface area contributed by atoms with E-state index in [1.807, 2.05) is 0 Å². The molecule has 0 fully saturated rings. The summed E-state index contributed by atoms with van der Waals surface area (Å²) in [7, 11) is 0. The van der Waals surface area contributed by atoms with Crippen LogP contribution in [0.3, 0.4) is 0 Å².